The molecule has 1 atom stereocenters. The minimum Gasteiger partial charge on any atom is -0.361 e. The number of amides is 1. The normalized spacial score (nSPS) is 12.1. The van der Waals surface area contributed by atoms with Gasteiger partial charge >= 0.3 is 0 Å². The molecule has 0 aliphatic rings. The first-order valence-corrected chi connectivity index (χ1v) is 8.97. The summed E-state index contributed by atoms with van der Waals surface area (Å²) in [5.41, 5.74) is 3.06. The second-order valence-corrected chi connectivity index (χ2v) is 6.62. The molecular weight excluding hydrogens is 358 g/mol. The molecule has 140 valence electrons. The monoisotopic (exact) mass is 376 g/mol. The van der Waals surface area contributed by atoms with E-state index in [0.29, 0.717) is 6.54 Å². The number of aromatic nitrogens is 1. The zero-order valence-corrected chi connectivity index (χ0v) is 15.0. The van der Waals surface area contributed by atoms with Crippen molar-refractivity contribution >= 4 is 16.8 Å². The van der Waals surface area contributed by atoms with Crippen molar-refractivity contribution in [3.05, 3.63) is 107 Å². The van der Waals surface area contributed by atoms with Crippen LogP contribution in [-0.2, 0) is 0 Å². The van der Waals surface area contributed by atoms with Gasteiger partial charge in [-0.15, -0.1) is 0 Å². The van der Waals surface area contributed by atoms with Crippen molar-refractivity contribution in [1.29, 1.82) is 0 Å². The highest BCUT2D eigenvalue weighted by Crippen LogP contribution is 2.30. The Bertz CT molecular complexity index is 1100. The van der Waals surface area contributed by atoms with Gasteiger partial charge in [0, 0.05) is 41.2 Å². The zero-order chi connectivity index (χ0) is 19.5. The van der Waals surface area contributed by atoms with Crippen molar-refractivity contribution in [2.75, 3.05) is 6.54 Å². The van der Waals surface area contributed by atoms with Crippen LogP contribution in [0.3, 0.4) is 0 Å². The van der Waals surface area contributed by atoms with Crippen LogP contribution in [0.15, 0.2) is 79.0 Å². The molecule has 3 nitrogen and oxygen atoms in total. The van der Waals surface area contributed by atoms with Crippen molar-refractivity contribution in [2.45, 2.75) is 5.92 Å². The maximum atomic E-state index is 13.4. The fourth-order valence-corrected chi connectivity index (χ4v) is 3.46. The molecule has 0 bridgehead atoms. The van der Waals surface area contributed by atoms with Crippen LogP contribution in [-0.4, -0.2) is 17.4 Å². The van der Waals surface area contributed by atoms with Gasteiger partial charge in [0.1, 0.15) is 11.6 Å². The standard InChI is InChI=1S/C23H18F2N2O/c24-17-10-16(11-18(25)12-17)23(28)27-13-20(15-6-2-1-3-7-15)21-14-26-22-9-5-4-8-19(21)22/h1-12,14,20,26H,13H2,(H,27,28)/t20-/m0/s1. The number of hydrogen-bond acceptors (Lipinski definition) is 1. The summed E-state index contributed by atoms with van der Waals surface area (Å²) in [4.78, 5) is 15.7. The minimum atomic E-state index is -0.776. The second-order valence-electron chi connectivity index (χ2n) is 6.62. The summed E-state index contributed by atoms with van der Waals surface area (Å²) in [6.07, 6.45) is 1.94. The van der Waals surface area contributed by atoms with E-state index in [0.717, 1.165) is 40.2 Å². The Morgan fingerprint density at radius 2 is 1.61 bits per heavy atom. The minimum absolute atomic E-state index is 0.0387. The summed E-state index contributed by atoms with van der Waals surface area (Å²) in [7, 11) is 0. The molecule has 3 aromatic carbocycles. The molecule has 0 aliphatic heterocycles. The van der Waals surface area contributed by atoms with E-state index in [9.17, 15) is 13.6 Å². The van der Waals surface area contributed by atoms with Crippen molar-refractivity contribution < 1.29 is 13.6 Å². The van der Waals surface area contributed by atoms with Crippen molar-refractivity contribution in [2.24, 2.45) is 0 Å². The van der Waals surface area contributed by atoms with Gasteiger partial charge in [0.15, 0.2) is 0 Å². The van der Waals surface area contributed by atoms with Gasteiger partial charge in [0.05, 0.1) is 0 Å². The molecule has 0 saturated heterocycles. The third-order valence-electron chi connectivity index (χ3n) is 4.79. The highest BCUT2D eigenvalue weighted by Gasteiger charge is 2.19. The van der Waals surface area contributed by atoms with Crippen molar-refractivity contribution in [3.8, 4) is 0 Å². The average Bonchev–Trinajstić information content (AvgIpc) is 3.12. The number of rotatable bonds is 5. The summed E-state index contributed by atoms with van der Waals surface area (Å²) in [5, 5.41) is 3.89. The number of benzene rings is 3. The number of hydrogen-bond donors (Lipinski definition) is 2. The molecule has 0 fully saturated rings. The van der Waals surface area contributed by atoms with Gasteiger partial charge in [-0.3, -0.25) is 4.79 Å². The Hall–Kier alpha value is -3.47. The summed E-state index contributed by atoms with van der Waals surface area (Å²) in [6, 6.07) is 20.6. The SMILES string of the molecule is O=C(NC[C@@H](c1ccccc1)c1c[nH]c2ccccc12)c1cc(F)cc(F)c1. The predicted molar refractivity (Wildman–Crippen MR) is 105 cm³/mol. The summed E-state index contributed by atoms with van der Waals surface area (Å²) < 4.78 is 26.9. The summed E-state index contributed by atoms with van der Waals surface area (Å²) in [5.74, 6) is -2.18. The molecule has 0 saturated carbocycles. The highest BCUT2D eigenvalue weighted by atomic mass is 19.1. The van der Waals surface area contributed by atoms with Crippen LogP contribution in [0, 0.1) is 11.6 Å². The lowest BCUT2D eigenvalue weighted by atomic mass is 9.91. The van der Waals surface area contributed by atoms with Crippen LogP contribution in [0.2, 0.25) is 0 Å². The zero-order valence-electron chi connectivity index (χ0n) is 15.0. The molecule has 4 aromatic rings. The average molecular weight is 376 g/mol. The van der Waals surface area contributed by atoms with Crippen LogP contribution in [0.1, 0.15) is 27.4 Å². The summed E-state index contributed by atoms with van der Waals surface area (Å²) >= 11 is 0. The first-order chi connectivity index (χ1) is 13.6. The lowest BCUT2D eigenvalue weighted by Crippen LogP contribution is -2.29. The number of carbonyl (C=O) groups excluding carboxylic acids is 1. The number of para-hydroxylation sites is 1. The first-order valence-electron chi connectivity index (χ1n) is 8.97. The van der Waals surface area contributed by atoms with Crippen LogP contribution in [0.4, 0.5) is 8.78 Å². The molecule has 0 unspecified atom stereocenters. The molecule has 0 aliphatic carbocycles. The van der Waals surface area contributed by atoms with E-state index in [1.165, 1.54) is 0 Å². The topological polar surface area (TPSA) is 44.9 Å². The van der Waals surface area contributed by atoms with Crippen LogP contribution >= 0.6 is 0 Å². The Kier molecular flexibility index (Phi) is 4.89. The Morgan fingerprint density at radius 3 is 2.36 bits per heavy atom. The molecule has 1 heterocycles. The molecule has 5 heteroatoms. The lowest BCUT2D eigenvalue weighted by Gasteiger charge is -2.18. The largest absolute Gasteiger partial charge is 0.361 e. The van der Waals surface area contributed by atoms with E-state index >= 15 is 0 Å². The van der Waals surface area contributed by atoms with E-state index in [1.807, 2.05) is 60.8 Å². The Morgan fingerprint density at radius 1 is 0.929 bits per heavy atom. The smallest absolute Gasteiger partial charge is 0.251 e. The number of halogens is 2. The van der Waals surface area contributed by atoms with Gasteiger partial charge in [-0.25, -0.2) is 8.78 Å². The van der Waals surface area contributed by atoms with Gasteiger partial charge in [-0.2, -0.15) is 0 Å². The van der Waals surface area contributed by atoms with Crippen LogP contribution in [0.25, 0.3) is 10.9 Å². The van der Waals surface area contributed by atoms with Crippen LogP contribution in [0.5, 0.6) is 0 Å². The quantitative estimate of drug-likeness (QED) is 0.505. The molecule has 2 N–H and O–H groups in total. The van der Waals surface area contributed by atoms with E-state index in [-0.39, 0.29) is 11.5 Å². The van der Waals surface area contributed by atoms with Gasteiger partial charge < -0.3 is 10.3 Å². The maximum Gasteiger partial charge on any atom is 0.251 e. The third-order valence-corrected chi connectivity index (χ3v) is 4.79. The Labute approximate surface area is 161 Å². The Balaban J connectivity index is 1.64. The fraction of sp³-hybridized carbons (Fsp3) is 0.0870. The molecular formula is C23H18F2N2O. The molecule has 1 amide bonds. The lowest BCUT2D eigenvalue weighted by molar-refractivity contribution is 0.0951. The summed E-state index contributed by atoms with van der Waals surface area (Å²) in [6.45, 7) is 0.294. The van der Waals surface area contributed by atoms with Gasteiger partial charge in [0.25, 0.3) is 5.91 Å². The number of nitrogens with one attached hydrogen (secondary N) is 2. The van der Waals surface area contributed by atoms with Crippen molar-refractivity contribution in [1.82, 2.24) is 10.3 Å². The molecule has 0 spiro atoms. The van der Waals surface area contributed by atoms with E-state index in [2.05, 4.69) is 10.3 Å². The number of carbonyl (C=O) groups is 1. The third kappa shape index (κ3) is 3.64. The molecule has 4 rings (SSSR count). The predicted octanol–water partition coefficient (Wildman–Crippen LogP) is 5.01. The number of fused-ring (bicyclic) bond motifs is 1. The van der Waals surface area contributed by atoms with Gasteiger partial charge in [-0.1, -0.05) is 48.5 Å². The van der Waals surface area contributed by atoms with E-state index in [1.54, 1.807) is 0 Å². The maximum absolute atomic E-state index is 13.4. The molecule has 28 heavy (non-hydrogen) atoms. The fourth-order valence-electron chi connectivity index (χ4n) is 3.46. The highest BCUT2D eigenvalue weighted by molar-refractivity contribution is 5.94. The number of H-pyrrole nitrogens is 1. The number of aromatic amines is 1. The molecule has 0 radical (unpaired) electrons. The van der Waals surface area contributed by atoms with E-state index in [4.69, 9.17) is 0 Å². The van der Waals surface area contributed by atoms with Crippen LogP contribution < -0.4 is 5.32 Å². The second kappa shape index (κ2) is 7.64. The van der Waals surface area contributed by atoms with Gasteiger partial charge in [0.2, 0.25) is 0 Å². The molecule has 1 aromatic heterocycles. The first kappa shape index (κ1) is 17.9. The van der Waals surface area contributed by atoms with Crippen molar-refractivity contribution in [3.63, 3.8) is 0 Å². The van der Waals surface area contributed by atoms with Gasteiger partial charge in [-0.05, 0) is 29.3 Å². The van der Waals surface area contributed by atoms with E-state index < -0.39 is 17.5 Å².